The van der Waals surface area contributed by atoms with Gasteiger partial charge in [-0.15, -0.1) is 11.8 Å². The fraction of sp³-hybridized carbons (Fsp3) is 0.188. The molecule has 0 aliphatic heterocycles. The molecule has 0 heterocycles. The molecule has 0 atom stereocenters. The van der Waals surface area contributed by atoms with Gasteiger partial charge < -0.3 is 5.32 Å². The summed E-state index contributed by atoms with van der Waals surface area (Å²) in [6.45, 7) is 0.467. The van der Waals surface area contributed by atoms with Crippen LogP contribution in [0, 0.1) is 0 Å². The Morgan fingerprint density at radius 3 is 2.54 bits per heavy atom. The number of hydrogen-bond acceptors (Lipinski definition) is 4. The van der Waals surface area contributed by atoms with Crippen LogP contribution < -0.4 is 10.0 Å². The highest BCUT2D eigenvalue weighted by molar-refractivity contribution is 7.99. The van der Waals surface area contributed by atoms with E-state index in [0.717, 1.165) is 4.90 Å². The van der Waals surface area contributed by atoms with Crippen LogP contribution >= 0.6 is 23.4 Å². The number of hydrogen-bond donors (Lipinski definition) is 2. The van der Waals surface area contributed by atoms with Crippen molar-refractivity contribution in [2.45, 2.75) is 9.79 Å². The number of carbonyl (C=O) groups is 1. The van der Waals surface area contributed by atoms with E-state index in [2.05, 4.69) is 10.0 Å². The van der Waals surface area contributed by atoms with Gasteiger partial charge in [0.2, 0.25) is 10.0 Å². The predicted octanol–water partition coefficient (Wildman–Crippen LogP) is 2.77. The third-order valence-corrected chi connectivity index (χ3v) is 5.82. The maximum atomic E-state index is 12.1. The van der Waals surface area contributed by atoms with Crippen molar-refractivity contribution >= 4 is 39.3 Å². The van der Waals surface area contributed by atoms with Crippen molar-refractivity contribution in [3.8, 4) is 0 Å². The Morgan fingerprint density at radius 1 is 1.17 bits per heavy atom. The number of carbonyl (C=O) groups excluding carboxylic acids is 1. The van der Waals surface area contributed by atoms with Crippen molar-refractivity contribution in [1.82, 2.24) is 10.0 Å². The zero-order chi connectivity index (χ0) is 17.6. The molecule has 24 heavy (non-hydrogen) atoms. The summed E-state index contributed by atoms with van der Waals surface area (Å²) in [6.07, 6.45) is 0. The highest BCUT2D eigenvalue weighted by atomic mass is 35.5. The molecule has 0 fully saturated rings. The first-order valence-corrected chi connectivity index (χ1v) is 9.97. The molecule has 5 nitrogen and oxygen atoms in total. The van der Waals surface area contributed by atoms with Crippen LogP contribution in [0.3, 0.4) is 0 Å². The fourth-order valence-corrected chi connectivity index (χ4v) is 3.56. The van der Waals surface area contributed by atoms with E-state index in [1.807, 2.05) is 24.3 Å². The second kappa shape index (κ2) is 8.53. The van der Waals surface area contributed by atoms with Gasteiger partial charge in [0.25, 0.3) is 5.91 Å². The van der Waals surface area contributed by atoms with Gasteiger partial charge in [0.1, 0.15) is 0 Å². The van der Waals surface area contributed by atoms with Crippen molar-refractivity contribution in [1.29, 1.82) is 0 Å². The molecule has 2 aromatic rings. The minimum atomic E-state index is -3.56. The second-order valence-corrected chi connectivity index (χ2v) is 8.28. The molecule has 0 radical (unpaired) electrons. The van der Waals surface area contributed by atoms with Crippen LogP contribution in [-0.2, 0) is 10.0 Å². The van der Waals surface area contributed by atoms with E-state index in [9.17, 15) is 13.2 Å². The van der Waals surface area contributed by atoms with E-state index < -0.39 is 10.0 Å². The molecule has 8 heteroatoms. The predicted molar refractivity (Wildman–Crippen MR) is 97.2 cm³/mol. The normalized spacial score (nSPS) is 11.2. The molecule has 1 amide bonds. The van der Waals surface area contributed by atoms with E-state index in [0.29, 0.717) is 22.9 Å². The average molecular weight is 385 g/mol. The summed E-state index contributed by atoms with van der Waals surface area (Å²) in [5.41, 5.74) is 0.308. The number of amides is 1. The van der Waals surface area contributed by atoms with Crippen molar-refractivity contribution < 1.29 is 13.2 Å². The first-order valence-electron chi connectivity index (χ1n) is 7.12. The smallest absolute Gasteiger partial charge is 0.251 e. The Morgan fingerprint density at radius 2 is 1.88 bits per heavy atom. The zero-order valence-corrected chi connectivity index (χ0v) is 15.3. The van der Waals surface area contributed by atoms with Crippen LogP contribution in [0.15, 0.2) is 58.3 Å². The largest absolute Gasteiger partial charge is 0.351 e. The van der Waals surface area contributed by atoms with Crippen LogP contribution in [0.25, 0.3) is 0 Å². The van der Waals surface area contributed by atoms with Gasteiger partial charge in [-0.25, -0.2) is 13.1 Å². The molecular weight excluding hydrogens is 368 g/mol. The van der Waals surface area contributed by atoms with Crippen LogP contribution in [-0.4, -0.2) is 33.7 Å². The van der Waals surface area contributed by atoms with E-state index in [-0.39, 0.29) is 10.8 Å². The quantitative estimate of drug-likeness (QED) is 0.568. The van der Waals surface area contributed by atoms with E-state index in [4.69, 9.17) is 11.6 Å². The highest BCUT2D eigenvalue weighted by Crippen LogP contribution is 2.19. The molecule has 2 N–H and O–H groups in total. The second-order valence-electron chi connectivity index (χ2n) is 4.79. The Hall–Kier alpha value is -1.54. The van der Waals surface area contributed by atoms with Crippen LogP contribution in [0.5, 0.6) is 0 Å². The number of nitrogens with one attached hydrogen (secondary N) is 2. The lowest BCUT2D eigenvalue weighted by Gasteiger charge is -2.07. The number of rotatable bonds is 7. The average Bonchev–Trinajstić information content (AvgIpc) is 2.60. The SMILES string of the molecule is CNS(=O)(=O)c1cccc(C(=O)NCCSc2ccc(Cl)cc2)c1. The molecule has 0 aliphatic rings. The van der Waals surface area contributed by atoms with Gasteiger partial charge in [0, 0.05) is 27.8 Å². The van der Waals surface area contributed by atoms with E-state index >= 15 is 0 Å². The van der Waals surface area contributed by atoms with Crippen molar-refractivity contribution in [2.75, 3.05) is 19.3 Å². The molecule has 0 bridgehead atoms. The van der Waals surface area contributed by atoms with Crippen molar-refractivity contribution in [3.63, 3.8) is 0 Å². The van der Waals surface area contributed by atoms with Gasteiger partial charge in [0.15, 0.2) is 0 Å². The molecule has 128 valence electrons. The first kappa shape index (κ1) is 18.8. The number of sulfonamides is 1. The Kier molecular flexibility index (Phi) is 6.68. The van der Waals surface area contributed by atoms with Gasteiger partial charge in [-0.3, -0.25) is 4.79 Å². The molecule has 0 aromatic heterocycles. The third kappa shape index (κ3) is 5.24. The van der Waals surface area contributed by atoms with Crippen LogP contribution in [0.1, 0.15) is 10.4 Å². The van der Waals surface area contributed by atoms with Gasteiger partial charge in [-0.1, -0.05) is 17.7 Å². The molecule has 0 unspecified atom stereocenters. The number of benzene rings is 2. The first-order chi connectivity index (χ1) is 11.4. The van der Waals surface area contributed by atoms with Crippen molar-refractivity contribution in [2.24, 2.45) is 0 Å². The summed E-state index contributed by atoms with van der Waals surface area (Å²) in [4.78, 5) is 13.2. The number of thioether (sulfide) groups is 1. The summed E-state index contributed by atoms with van der Waals surface area (Å²) in [7, 11) is -2.23. The third-order valence-electron chi connectivity index (χ3n) is 3.15. The zero-order valence-electron chi connectivity index (χ0n) is 13.0. The minimum absolute atomic E-state index is 0.0631. The van der Waals surface area contributed by atoms with Crippen molar-refractivity contribution in [3.05, 3.63) is 59.1 Å². The van der Waals surface area contributed by atoms with Gasteiger partial charge in [0.05, 0.1) is 4.90 Å². The monoisotopic (exact) mass is 384 g/mol. The molecule has 0 spiro atoms. The lowest BCUT2D eigenvalue weighted by Crippen LogP contribution is -2.26. The van der Waals surface area contributed by atoms with Crippen LogP contribution in [0.4, 0.5) is 0 Å². The lowest BCUT2D eigenvalue weighted by atomic mass is 10.2. The Bertz CT molecular complexity index is 808. The molecular formula is C16H17ClN2O3S2. The van der Waals surface area contributed by atoms with Gasteiger partial charge >= 0.3 is 0 Å². The van der Waals surface area contributed by atoms with Crippen LogP contribution in [0.2, 0.25) is 5.02 Å². The highest BCUT2D eigenvalue weighted by Gasteiger charge is 2.13. The summed E-state index contributed by atoms with van der Waals surface area (Å²) < 4.78 is 25.7. The molecule has 0 saturated heterocycles. The molecule has 2 rings (SSSR count). The summed E-state index contributed by atoms with van der Waals surface area (Å²) in [6, 6.07) is 13.4. The van der Waals surface area contributed by atoms with E-state index in [1.54, 1.807) is 23.9 Å². The Balaban J connectivity index is 1.89. The maximum absolute atomic E-state index is 12.1. The fourth-order valence-electron chi connectivity index (χ4n) is 1.89. The Labute approximate surface area is 150 Å². The van der Waals surface area contributed by atoms with Gasteiger partial charge in [-0.05, 0) is 49.5 Å². The molecule has 0 saturated carbocycles. The molecule has 2 aromatic carbocycles. The van der Waals surface area contributed by atoms with Gasteiger partial charge in [-0.2, -0.15) is 0 Å². The maximum Gasteiger partial charge on any atom is 0.251 e. The number of halogens is 1. The summed E-state index contributed by atoms with van der Waals surface area (Å²) >= 11 is 7.42. The molecule has 0 aliphatic carbocycles. The summed E-state index contributed by atoms with van der Waals surface area (Å²) in [5, 5.41) is 3.46. The topological polar surface area (TPSA) is 75.3 Å². The standard InChI is InChI=1S/C16H17ClN2O3S2/c1-18-24(21,22)15-4-2-3-12(11-15)16(20)19-9-10-23-14-7-5-13(17)6-8-14/h2-8,11,18H,9-10H2,1H3,(H,19,20). The summed E-state index contributed by atoms with van der Waals surface area (Å²) in [5.74, 6) is 0.391. The minimum Gasteiger partial charge on any atom is -0.351 e. The lowest BCUT2D eigenvalue weighted by molar-refractivity contribution is 0.0956. The van der Waals surface area contributed by atoms with E-state index in [1.165, 1.54) is 19.2 Å².